The molecule has 106 valence electrons. The van der Waals surface area contributed by atoms with Gasteiger partial charge in [0.15, 0.2) is 0 Å². The van der Waals surface area contributed by atoms with Crippen LogP contribution in [-0.4, -0.2) is 36.3 Å². The molecule has 0 saturated carbocycles. The third kappa shape index (κ3) is 3.91. The molecule has 2 N–H and O–H groups in total. The molecule has 2 amide bonds. The van der Waals surface area contributed by atoms with Crippen molar-refractivity contribution in [2.75, 3.05) is 13.2 Å². The summed E-state index contributed by atoms with van der Waals surface area (Å²) >= 11 is 1.64. The summed E-state index contributed by atoms with van der Waals surface area (Å²) in [5.41, 5.74) is 1.04. The van der Waals surface area contributed by atoms with Crippen LogP contribution in [0.25, 0.3) is 0 Å². The molecule has 5 nitrogen and oxygen atoms in total. The third-order valence-electron chi connectivity index (χ3n) is 3.32. The van der Waals surface area contributed by atoms with Crippen LogP contribution in [0.15, 0.2) is 5.38 Å². The van der Waals surface area contributed by atoms with Gasteiger partial charge >= 0.3 is 6.03 Å². The molecule has 19 heavy (non-hydrogen) atoms. The molecule has 2 heterocycles. The fourth-order valence-corrected chi connectivity index (χ4v) is 2.93. The molecular formula is C13H21N3O2S. The van der Waals surface area contributed by atoms with Crippen LogP contribution in [0.1, 0.15) is 36.9 Å². The predicted octanol–water partition coefficient (Wildman–Crippen LogP) is 2.03. The van der Waals surface area contributed by atoms with Gasteiger partial charge in [0.05, 0.1) is 17.2 Å². The van der Waals surface area contributed by atoms with Gasteiger partial charge < -0.3 is 15.4 Å². The molecule has 1 aromatic heterocycles. The Morgan fingerprint density at radius 1 is 1.68 bits per heavy atom. The van der Waals surface area contributed by atoms with Gasteiger partial charge in [-0.15, -0.1) is 11.3 Å². The van der Waals surface area contributed by atoms with Crippen LogP contribution < -0.4 is 10.6 Å². The second-order valence-electron chi connectivity index (χ2n) is 5.05. The van der Waals surface area contributed by atoms with Crippen molar-refractivity contribution in [2.45, 2.75) is 45.3 Å². The minimum atomic E-state index is -0.123. The highest BCUT2D eigenvalue weighted by Gasteiger charge is 2.25. The van der Waals surface area contributed by atoms with Crippen LogP contribution in [0, 0.1) is 6.92 Å². The fourth-order valence-electron chi connectivity index (χ4n) is 2.07. The maximum Gasteiger partial charge on any atom is 0.315 e. The Labute approximate surface area is 117 Å². The number of aryl methyl sites for hydroxylation is 1. The van der Waals surface area contributed by atoms with Crippen LogP contribution >= 0.6 is 11.3 Å². The van der Waals surface area contributed by atoms with E-state index in [1.54, 1.807) is 11.3 Å². The number of nitrogens with one attached hydrogen (secondary N) is 2. The quantitative estimate of drug-likeness (QED) is 0.888. The smallest absolute Gasteiger partial charge is 0.315 e. The van der Waals surface area contributed by atoms with Gasteiger partial charge in [0.2, 0.25) is 0 Å². The van der Waals surface area contributed by atoms with Gasteiger partial charge in [0.25, 0.3) is 0 Å². The lowest BCUT2D eigenvalue weighted by Gasteiger charge is -2.17. The highest BCUT2D eigenvalue weighted by Crippen LogP contribution is 2.18. The molecule has 1 saturated heterocycles. The highest BCUT2D eigenvalue weighted by molar-refractivity contribution is 7.09. The van der Waals surface area contributed by atoms with Crippen molar-refractivity contribution in [1.82, 2.24) is 15.6 Å². The van der Waals surface area contributed by atoms with E-state index in [2.05, 4.69) is 22.5 Å². The Morgan fingerprint density at radius 2 is 2.47 bits per heavy atom. The van der Waals surface area contributed by atoms with Crippen molar-refractivity contribution >= 4 is 17.4 Å². The number of carbonyl (C=O) groups is 1. The van der Waals surface area contributed by atoms with E-state index in [1.807, 2.05) is 19.2 Å². The van der Waals surface area contributed by atoms with Gasteiger partial charge in [-0.1, -0.05) is 6.92 Å². The molecule has 0 aromatic carbocycles. The average Bonchev–Trinajstić information content (AvgIpc) is 2.96. The van der Waals surface area contributed by atoms with Crippen molar-refractivity contribution in [3.05, 3.63) is 16.1 Å². The molecule has 6 heteroatoms. The van der Waals surface area contributed by atoms with E-state index in [0.29, 0.717) is 6.54 Å². The summed E-state index contributed by atoms with van der Waals surface area (Å²) in [7, 11) is 0. The van der Waals surface area contributed by atoms with E-state index in [4.69, 9.17) is 4.74 Å². The summed E-state index contributed by atoms with van der Waals surface area (Å²) in [5, 5.41) is 8.94. The summed E-state index contributed by atoms with van der Waals surface area (Å²) < 4.78 is 5.41. The topological polar surface area (TPSA) is 63.2 Å². The first kappa shape index (κ1) is 14.3. The number of rotatable bonds is 4. The summed E-state index contributed by atoms with van der Waals surface area (Å²) in [6.45, 7) is 7.36. The van der Waals surface area contributed by atoms with Gasteiger partial charge in [-0.25, -0.2) is 9.78 Å². The Balaban J connectivity index is 1.74. The SMILES string of the molecule is Cc1csc(C(C)CNC(=O)NC2CCOC2C)n1. The zero-order valence-corrected chi connectivity index (χ0v) is 12.4. The number of urea groups is 1. The predicted molar refractivity (Wildman–Crippen MR) is 75.6 cm³/mol. The second-order valence-corrected chi connectivity index (χ2v) is 5.94. The van der Waals surface area contributed by atoms with E-state index in [-0.39, 0.29) is 24.1 Å². The Morgan fingerprint density at radius 3 is 3.05 bits per heavy atom. The number of amides is 2. The van der Waals surface area contributed by atoms with Gasteiger partial charge in [-0.2, -0.15) is 0 Å². The maximum absolute atomic E-state index is 11.8. The van der Waals surface area contributed by atoms with E-state index in [1.165, 1.54) is 0 Å². The summed E-state index contributed by atoms with van der Waals surface area (Å²) in [6.07, 6.45) is 0.986. The summed E-state index contributed by atoms with van der Waals surface area (Å²) in [5.74, 6) is 0.238. The average molecular weight is 283 g/mol. The molecule has 0 spiro atoms. The zero-order chi connectivity index (χ0) is 13.8. The number of thiazole rings is 1. The number of hydrogen-bond acceptors (Lipinski definition) is 4. The first-order chi connectivity index (χ1) is 9.06. The van der Waals surface area contributed by atoms with Crippen molar-refractivity contribution in [3.8, 4) is 0 Å². The van der Waals surface area contributed by atoms with E-state index in [9.17, 15) is 4.79 Å². The van der Waals surface area contributed by atoms with Crippen molar-refractivity contribution in [3.63, 3.8) is 0 Å². The Hall–Kier alpha value is -1.14. The molecule has 3 atom stereocenters. The Kier molecular flexibility index (Phi) is 4.76. The first-order valence-electron chi connectivity index (χ1n) is 6.64. The van der Waals surface area contributed by atoms with Crippen molar-refractivity contribution in [2.24, 2.45) is 0 Å². The molecule has 1 aromatic rings. The lowest BCUT2D eigenvalue weighted by Crippen LogP contribution is -2.45. The molecule has 3 unspecified atom stereocenters. The van der Waals surface area contributed by atoms with Gasteiger partial charge in [-0.05, 0) is 20.3 Å². The number of ether oxygens (including phenoxy) is 1. The maximum atomic E-state index is 11.8. The van der Waals surface area contributed by atoms with Gasteiger partial charge in [0.1, 0.15) is 0 Å². The van der Waals surface area contributed by atoms with Crippen molar-refractivity contribution in [1.29, 1.82) is 0 Å². The molecule has 1 aliphatic heterocycles. The Bertz CT molecular complexity index is 435. The molecule has 0 radical (unpaired) electrons. The largest absolute Gasteiger partial charge is 0.376 e. The second kappa shape index (κ2) is 6.34. The lowest BCUT2D eigenvalue weighted by molar-refractivity contribution is 0.114. The minimum absolute atomic E-state index is 0.102. The molecule has 0 bridgehead atoms. The van der Waals surface area contributed by atoms with E-state index >= 15 is 0 Å². The van der Waals surface area contributed by atoms with Crippen LogP contribution in [0.5, 0.6) is 0 Å². The number of carbonyl (C=O) groups excluding carboxylic acids is 1. The standard InChI is InChI=1S/C13H21N3O2S/c1-8(12-15-9(2)7-19-12)6-14-13(17)16-11-4-5-18-10(11)3/h7-8,10-11H,4-6H2,1-3H3,(H2,14,16,17). The normalized spacial score (nSPS) is 24.2. The number of hydrogen-bond donors (Lipinski definition) is 2. The molecular weight excluding hydrogens is 262 g/mol. The summed E-state index contributed by atoms with van der Waals surface area (Å²) in [4.78, 5) is 16.2. The molecule has 1 aliphatic rings. The monoisotopic (exact) mass is 283 g/mol. The molecule has 0 aliphatic carbocycles. The van der Waals surface area contributed by atoms with Gasteiger partial charge in [-0.3, -0.25) is 0 Å². The highest BCUT2D eigenvalue weighted by atomic mass is 32.1. The van der Waals surface area contributed by atoms with Crippen LogP contribution in [0.3, 0.4) is 0 Å². The van der Waals surface area contributed by atoms with Crippen LogP contribution in [0.2, 0.25) is 0 Å². The van der Waals surface area contributed by atoms with Crippen LogP contribution in [-0.2, 0) is 4.74 Å². The first-order valence-corrected chi connectivity index (χ1v) is 7.52. The summed E-state index contributed by atoms with van der Waals surface area (Å²) in [6, 6.07) is -0.000101. The number of nitrogens with zero attached hydrogens (tertiary/aromatic N) is 1. The molecule has 2 rings (SSSR count). The zero-order valence-electron chi connectivity index (χ0n) is 11.6. The van der Waals surface area contributed by atoms with Gasteiger partial charge in [0, 0.05) is 30.1 Å². The van der Waals surface area contributed by atoms with E-state index in [0.717, 1.165) is 23.7 Å². The fraction of sp³-hybridized carbons (Fsp3) is 0.692. The van der Waals surface area contributed by atoms with Crippen LogP contribution in [0.4, 0.5) is 4.79 Å². The van der Waals surface area contributed by atoms with Crippen molar-refractivity contribution < 1.29 is 9.53 Å². The minimum Gasteiger partial charge on any atom is -0.376 e. The van der Waals surface area contributed by atoms with E-state index < -0.39 is 0 Å². The number of aromatic nitrogens is 1. The third-order valence-corrected chi connectivity index (χ3v) is 4.51. The lowest BCUT2D eigenvalue weighted by atomic mass is 10.1. The molecule has 1 fully saturated rings.